The van der Waals surface area contributed by atoms with E-state index in [-0.39, 0.29) is 17.2 Å². The molecular formula is C17H32O3Si. The van der Waals surface area contributed by atoms with Crippen molar-refractivity contribution in [2.75, 3.05) is 6.61 Å². The van der Waals surface area contributed by atoms with Gasteiger partial charge in [0.05, 0.1) is 18.3 Å². The Hall–Kier alpha value is -0.383. The maximum absolute atomic E-state index is 10.2. The molecule has 0 aromatic heterocycles. The lowest BCUT2D eigenvalue weighted by molar-refractivity contribution is -0.0822. The Balaban J connectivity index is 2.76. The van der Waals surface area contributed by atoms with Gasteiger partial charge in [-0.15, -0.1) is 5.73 Å². The molecule has 1 saturated heterocycles. The Morgan fingerprint density at radius 3 is 2.62 bits per heavy atom. The predicted molar refractivity (Wildman–Crippen MR) is 90.0 cm³/mol. The lowest BCUT2D eigenvalue weighted by atomic mass is 9.97. The molecule has 21 heavy (non-hydrogen) atoms. The summed E-state index contributed by atoms with van der Waals surface area (Å²) in [5.74, 6) is 0. The Bertz CT molecular complexity index is 391. The van der Waals surface area contributed by atoms with E-state index in [4.69, 9.17) is 9.16 Å². The zero-order valence-corrected chi connectivity index (χ0v) is 15.5. The molecule has 0 aliphatic carbocycles. The van der Waals surface area contributed by atoms with E-state index in [9.17, 15) is 5.11 Å². The Morgan fingerprint density at radius 1 is 1.48 bits per heavy atom. The van der Waals surface area contributed by atoms with Gasteiger partial charge in [0.1, 0.15) is 0 Å². The molecule has 0 saturated carbocycles. The Labute approximate surface area is 131 Å². The third kappa shape index (κ3) is 5.08. The zero-order chi connectivity index (χ0) is 16.3. The minimum atomic E-state index is -1.82. The van der Waals surface area contributed by atoms with Crippen LogP contribution in [0.4, 0.5) is 0 Å². The first kappa shape index (κ1) is 18.7. The summed E-state index contributed by atoms with van der Waals surface area (Å²) >= 11 is 0. The van der Waals surface area contributed by atoms with Crippen molar-refractivity contribution in [1.82, 2.24) is 0 Å². The second kappa shape index (κ2) is 7.25. The van der Waals surface area contributed by atoms with Gasteiger partial charge in [-0.25, -0.2) is 0 Å². The highest BCUT2D eigenvalue weighted by molar-refractivity contribution is 6.74. The number of rotatable bonds is 5. The number of aliphatic hydroxyl groups excluding tert-OH is 1. The normalized spacial score (nSPS) is 25.3. The average molecular weight is 313 g/mol. The number of aliphatic hydroxyl groups is 1. The minimum Gasteiger partial charge on any atom is -0.411 e. The van der Waals surface area contributed by atoms with Crippen molar-refractivity contribution in [1.29, 1.82) is 0 Å². The second-order valence-corrected chi connectivity index (χ2v) is 12.3. The summed E-state index contributed by atoms with van der Waals surface area (Å²) < 4.78 is 12.4. The maximum Gasteiger partial charge on any atom is 0.192 e. The maximum atomic E-state index is 10.2. The van der Waals surface area contributed by atoms with Crippen LogP contribution in [-0.2, 0) is 9.16 Å². The van der Waals surface area contributed by atoms with Gasteiger partial charge in [0.15, 0.2) is 8.32 Å². The van der Waals surface area contributed by atoms with Crippen molar-refractivity contribution >= 4 is 8.32 Å². The van der Waals surface area contributed by atoms with Crippen molar-refractivity contribution in [3.63, 3.8) is 0 Å². The van der Waals surface area contributed by atoms with Crippen LogP contribution in [-0.4, -0.2) is 38.3 Å². The van der Waals surface area contributed by atoms with Crippen LogP contribution in [0.15, 0.2) is 17.9 Å². The van der Waals surface area contributed by atoms with Gasteiger partial charge in [0, 0.05) is 13.0 Å². The molecule has 4 heteroatoms. The monoisotopic (exact) mass is 312 g/mol. The smallest absolute Gasteiger partial charge is 0.192 e. The van der Waals surface area contributed by atoms with E-state index in [1.807, 2.05) is 6.92 Å². The van der Waals surface area contributed by atoms with Crippen LogP contribution in [0.5, 0.6) is 0 Å². The van der Waals surface area contributed by atoms with Crippen LogP contribution in [0.25, 0.3) is 0 Å². The van der Waals surface area contributed by atoms with Crippen LogP contribution in [0.1, 0.15) is 47.0 Å². The minimum absolute atomic E-state index is 0.0359. The molecule has 0 unspecified atom stereocenters. The fourth-order valence-corrected chi connectivity index (χ4v) is 3.62. The van der Waals surface area contributed by atoms with E-state index in [1.54, 1.807) is 0 Å². The highest BCUT2D eigenvalue weighted by Gasteiger charge is 2.41. The zero-order valence-electron chi connectivity index (χ0n) is 14.5. The first-order valence-electron chi connectivity index (χ1n) is 7.92. The van der Waals surface area contributed by atoms with Gasteiger partial charge in [-0.2, -0.15) is 0 Å². The molecule has 0 spiro atoms. The first-order chi connectivity index (χ1) is 9.58. The summed E-state index contributed by atoms with van der Waals surface area (Å²) in [5.41, 5.74) is 3.54. The molecule has 3 nitrogen and oxygen atoms in total. The summed E-state index contributed by atoms with van der Waals surface area (Å²) in [6.45, 7) is 17.5. The van der Waals surface area contributed by atoms with E-state index in [0.717, 1.165) is 25.0 Å². The van der Waals surface area contributed by atoms with Gasteiger partial charge in [-0.3, -0.25) is 0 Å². The molecule has 0 amide bonds. The molecule has 1 aliphatic heterocycles. The van der Waals surface area contributed by atoms with Gasteiger partial charge in [-0.1, -0.05) is 27.4 Å². The highest BCUT2D eigenvalue weighted by Crippen LogP contribution is 2.39. The molecule has 122 valence electrons. The van der Waals surface area contributed by atoms with E-state index >= 15 is 0 Å². The van der Waals surface area contributed by atoms with Crippen molar-refractivity contribution in [2.45, 2.75) is 83.4 Å². The fraction of sp³-hybridized carbons (Fsp3) is 0.824. The van der Waals surface area contributed by atoms with Gasteiger partial charge in [-0.05, 0) is 43.5 Å². The van der Waals surface area contributed by atoms with Crippen molar-refractivity contribution < 1.29 is 14.3 Å². The van der Waals surface area contributed by atoms with Gasteiger partial charge in [0.25, 0.3) is 0 Å². The van der Waals surface area contributed by atoms with Crippen LogP contribution < -0.4 is 0 Å². The quantitative estimate of drug-likeness (QED) is 0.615. The molecule has 1 heterocycles. The molecule has 1 aliphatic rings. The second-order valence-electron chi connectivity index (χ2n) is 7.58. The van der Waals surface area contributed by atoms with Crippen LogP contribution >= 0.6 is 0 Å². The van der Waals surface area contributed by atoms with Gasteiger partial charge < -0.3 is 14.3 Å². The Kier molecular flexibility index (Phi) is 6.45. The summed E-state index contributed by atoms with van der Waals surface area (Å²) in [4.78, 5) is 0. The number of hydrogen-bond donors (Lipinski definition) is 1. The molecule has 0 aromatic rings. The van der Waals surface area contributed by atoms with Crippen molar-refractivity contribution in [3.8, 4) is 0 Å². The van der Waals surface area contributed by atoms with E-state index < -0.39 is 14.4 Å². The largest absolute Gasteiger partial charge is 0.411 e. The van der Waals surface area contributed by atoms with Crippen molar-refractivity contribution in [2.24, 2.45) is 0 Å². The molecule has 1 N–H and O–H groups in total. The van der Waals surface area contributed by atoms with Crippen LogP contribution in [0, 0.1) is 0 Å². The van der Waals surface area contributed by atoms with E-state index in [0.29, 0.717) is 6.42 Å². The molecule has 0 bridgehead atoms. The highest BCUT2D eigenvalue weighted by atomic mass is 28.4. The molecule has 1 fully saturated rings. The van der Waals surface area contributed by atoms with Gasteiger partial charge in [0.2, 0.25) is 0 Å². The van der Waals surface area contributed by atoms with Gasteiger partial charge >= 0.3 is 0 Å². The fourth-order valence-electron chi connectivity index (χ4n) is 2.24. The summed E-state index contributed by atoms with van der Waals surface area (Å²) in [5, 5.41) is 10.4. The van der Waals surface area contributed by atoms with E-state index in [2.05, 4.69) is 46.2 Å². The van der Waals surface area contributed by atoms with Crippen LogP contribution in [0.2, 0.25) is 18.1 Å². The lowest BCUT2D eigenvalue weighted by Crippen LogP contribution is -2.49. The average Bonchev–Trinajstić information content (AvgIpc) is 2.38. The molecule has 0 aromatic carbocycles. The third-order valence-electron chi connectivity index (χ3n) is 4.87. The standard InChI is InChI=1S/C17H32O3Si/c1-8-13(2)14(18)12-16-15(10-9-11-19-16)20-21(6,7)17(3,4)5/h14-16,18H,1,9-12H2,2-7H3/t14-,15-,16+/m0/s1. The molecule has 0 radical (unpaired) electrons. The topological polar surface area (TPSA) is 38.7 Å². The molecule has 3 atom stereocenters. The number of hydrogen-bond acceptors (Lipinski definition) is 3. The Morgan fingerprint density at radius 2 is 2.10 bits per heavy atom. The molecular weight excluding hydrogens is 280 g/mol. The third-order valence-corrected chi connectivity index (χ3v) is 9.37. The lowest BCUT2D eigenvalue weighted by Gasteiger charge is -2.43. The first-order valence-corrected chi connectivity index (χ1v) is 10.8. The summed E-state index contributed by atoms with van der Waals surface area (Å²) in [6, 6.07) is 0. The number of ether oxygens (including phenoxy) is 1. The van der Waals surface area contributed by atoms with E-state index in [1.165, 1.54) is 0 Å². The summed E-state index contributed by atoms with van der Waals surface area (Å²) in [6.07, 6.45) is 2.12. The summed E-state index contributed by atoms with van der Waals surface area (Å²) in [7, 11) is -1.82. The SMILES string of the molecule is C=C=C(C)[C@@H](O)C[C@H]1OCCC[C@@H]1O[Si](C)(C)C(C)(C)C. The predicted octanol–water partition coefficient (Wildman–Crippen LogP) is 4.04. The van der Waals surface area contributed by atoms with Crippen molar-refractivity contribution in [3.05, 3.63) is 17.9 Å². The van der Waals surface area contributed by atoms with Crippen LogP contribution in [0.3, 0.4) is 0 Å². The molecule has 1 rings (SSSR count).